The molecule has 0 heterocycles. The van der Waals surface area contributed by atoms with Crippen molar-refractivity contribution >= 4 is 17.1 Å². The van der Waals surface area contributed by atoms with E-state index >= 15 is 0 Å². The monoisotopic (exact) mass is 624 g/mol. The molecule has 9 rings (SSSR count). The van der Waals surface area contributed by atoms with E-state index < -0.39 is 0 Å². The van der Waals surface area contributed by atoms with Gasteiger partial charge in [-0.15, -0.1) is 0 Å². The quantitative estimate of drug-likeness (QED) is 0.191. The van der Waals surface area contributed by atoms with Crippen LogP contribution in [0, 0.1) is 0 Å². The molecule has 0 radical (unpaired) electrons. The molecule has 3 aliphatic carbocycles. The minimum Gasteiger partial charge on any atom is -0.397 e. The number of anilines is 3. The maximum Gasteiger partial charge on any atom is 0.0618 e. The molecule has 6 aromatic carbocycles. The summed E-state index contributed by atoms with van der Waals surface area (Å²) in [7, 11) is 0. The molecule has 0 spiro atoms. The van der Waals surface area contributed by atoms with Gasteiger partial charge in [0.05, 0.1) is 17.1 Å². The van der Waals surface area contributed by atoms with Crippen LogP contribution >= 0.6 is 0 Å². The zero-order valence-electron chi connectivity index (χ0n) is 28.9. The molecule has 3 aliphatic rings. The molecular formula is C46H44N2. The first-order valence-corrected chi connectivity index (χ1v) is 17.2. The Labute approximate surface area is 285 Å². The van der Waals surface area contributed by atoms with E-state index in [1.54, 1.807) is 0 Å². The minimum atomic E-state index is 0.00939. The van der Waals surface area contributed by atoms with Crippen molar-refractivity contribution in [3.05, 3.63) is 172 Å². The van der Waals surface area contributed by atoms with E-state index in [0.717, 1.165) is 17.1 Å². The molecule has 0 fully saturated rings. The Bertz CT molecular complexity index is 2130. The summed E-state index contributed by atoms with van der Waals surface area (Å²) >= 11 is 0. The van der Waals surface area contributed by atoms with Crippen molar-refractivity contribution in [3.63, 3.8) is 0 Å². The van der Waals surface area contributed by atoms with E-state index in [-0.39, 0.29) is 22.7 Å². The number of nitrogens with two attached hydrogens (primary N) is 1. The van der Waals surface area contributed by atoms with E-state index in [1.807, 2.05) is 18.2 Å². The Morgan fingerprint density at radius 3 is 1.48 bits per heavy atom. The zero-order valence-corrected chi connectivity index (χ0v) is 28.9. The molecule has 0 atom stereocenters. The Hall–Kier alpha value is -5.08. The molecule has 2 bridgehead atoms. The Morgan fingerprint density at radius 2 is 0.938 bits per heavy atom. The molecule has 0 unspecified atom stereocenters. The van der Waals surface area contributed by atoms with Crippen LogP contribution in [0.2, 0.25) is 0 Å². The van der Waals surface area contributed by atoms with Gasteiger partial charge in [0.25, 0.3) is 0 Å². The average Bonchev–Trinajstić information content (AvgIpc) is 3.08. The van der Waals surface area contributed by atoms with E-state index in [0.29, 0.717) is 0 Å². The van der Waals surface area contributed by atoms with Crippen LogP contribution < -0.4 is 11.1 Å². The van der Waals surface area contributed by atoms with Gasteiger partial charge in [-0.2, -0.15) is 0 Å². The van der Waals surface area contributed by atoms with Gasteiger partial charge in [-0.3, -0.25) is 0 Å². The predicted molar refractivity (Wildman–Crippen MR) is 204 cm³/mol. The summed E-state index contributed by atoms with van der Waals surface area (Å²) in [4.78, 5) is 0. The largest absolute Gasteiger partial charge is 0.397 e. The zero-order chi connectivity index (χ0) is 33.4. The highest BCUT2D eigenvalue weighted by atomic mass is 14.9. The van der Waals surface area contributed by atoms with Crippen molar-refractivity contribution in [1.29, 1.82) is 0 Å². The van der Waals surface area contributed by atoms with Crippen LogP contribution in [0.25, 0.3) is 22.3 Å². The fourth-order valence-corrected chi connectivity index (χ4v) is 7.90. The van der Waals surface area contributed by atoms with Gasteiger partial charge in [0, 0.05) is 23.0 Å². The molecule has 48 heavy (non-hydrogen) atoms. The Morgan fingerprint density at radius 1 is 0.458 bits per heavy atom. The van der Waals surface area contributed by atoms with E-state index in [4.69, 9.17) is 5.73 Å². The summed E-state index contributed by atoms with van der Waals surface area (Å²) < 4.78 is 0. The van der Waals surface area contributed by atoms with Crippen molar-refractivity contribution in [2.45, 2.75) is 64.2 Å². The molecule has 0 saturated heterocycles. The fourth-order valence-electron chi connectivity index (χ4n) is 7.90. The summed E-state index contributed by atoms with van der Waals surface area (Å²) in [5, 5.41) is 3.84. The van der Waals surface area contributed by atoms with Crippen LogP contribution in [-0.4, -0.2) is 0 Å². The van der Waals surface area contributed by atoms with Gasteiger partial charge in [-0.1, -0.05) is 151 Å². The smallest absolute Gasteiger partial charge is 0.0618 e. The average molecular weight is 625 g/mol. The second-order valence-corrected chi connectivity index (χ2v) is 15.7. The summed E-state index contributed by atoms with van der Waals surface area (Å²) in [6.07, 6.45) is 0. The summed E-state index contributed by atoms with van der Waals surface area (Å²) in [6, 6.07) is 47.2. The standard InChI is InChI=1S/C46H44N2/c1-45(2,3)30-24-29(25-31(27-30)46(4,5)6)33-19-13-18-32(44(33)48-41-21-12-11-20-40(41)47)28-22-23-38-39(26-28)43-36-16-9-7-14-34(36)42(38)35-15-8-10-17-37(35)43/h7-27,42-43,48H,47H2,1-6H3. The minimum absolute atomic E-state index is 0.00939. The lowest BCUT2D eigenvalue weighted by atomic mass is 9.61. The van der Waals surface area contributed by atoms with Gasteiger partial charge >= 0.3 is 0 Å². The van der Waals surface area contributed by atoms with Crippen LogP contribution in [-0.2, 0) is 10.8 Å². The van der Waals surface area contributed by atoms with Crippen LogP contribution in [0.4, 0.5) is 17.1 Å². The molecule has 2 heteroatoms. The SMILES string of the molecule is CC(C)(C)c1cc(-c2cccc(-c3ccc4c(c3)C3c5ccccc5C4c4ccccc43)c2Nc2ccccc2N)cc(C(C)(C)C)c1. The second-order valence-electron chi connectivity index (χ2n) is 15.7. The van der Waals surface area contributed by atoms with E-state index in [1.165, 1.54) is 66.8 Å². The van der Waals surface area contributed by atoms with Crippen LogP contribution in [0.15, 0.2) is 127 Å². The van der Waals surface area contributed by atoms with E-state index in [9.17, 15) is 0 Å². The predicted octanol–water partition coefficient (Wildman–Crippen LogP) is 11.9. The third kappa shape index (κ3) is 4.94. The van der Waals surface area contributed by atoms with Crippen molar-refractivity contribution in [2.75, 3.05) is 11.1 Å². The number of nitrogens with one attached hydrogen (secondary N) is 1. The number of hydrogen-bond acceptors (Lipinski definition) is 2. The number of rotatable bonds is 4. The Balaban J connectivity index is 1.35. The first-order valence-electron chi connectivity index (χ1n) is 17.2. The first kappa shape index (κ1) is 30.3. The Kier molecular flexibility index (Phi) is 6.93. The molecule has 3 N–H and O–H groups in total. The number of benzene rings is 6. The summed E-state index contributed by atoms with van der Waals surface area (Å²) in [5.41, 5.74) is 25.3. The van der Waals surface area contributed by atoms with Crippen LogP contribution in [0.5, 0.6) is 0 Å². The molecule has 238 valence electrons. The second kappa shape index (κ2) is 11.0. The lowest BCUT2D eigenvalue weighted by Crippen LogP contribution is -2.27. The van der Waals surface area contributed by atoms with Gasteiger partial charge in [0.2, 0.25) is 0 Å². The maximum atomic E-state index is 6.57. The molecule has 0 aromatic heterocycles. The summed E-state index contributed by atoms with van der Waals surface area (Å²) in [5.74, 6) is 0.481. The van der Waals surface area contributed by atoms with Gasteiger partial charge in [-0.25, -0.2) is 0 Å². The summed E-state index contributed by atoms with van der Waals surface area (Å²) in [6.45, 7) is 13.8. The van der Waals surface area contributed by atoms with Crippen molar-refractivity contribution in [1.82, 2.24) is 0 Å². The lowest BCUT2D eigenvalue weighted by Gasteiger charge is -2.42. The van der Waals surface area contributed by atoms with Gasteiger partial charge in [0.1, 0.15) is 0 Å². The van der Waals surface area contributed by atoms with Crippen LogP contribution in [0.1, 0.15) is 97.9 Å². The fraction of sp³-hybridized carbons (Fsp3) is 0.217. The maximum absolute atomic E-state index is 6.57. The third-order valence-electron chi connectivity index (χ3n) is 10.5. The van der Waals surface area contributed by atoms with Crippen LogP contribution in [0.3, 0.4) is 0 Å². The first-order chi connectivity index (χ1) is 23.0. The molecule has 0 saturated carbocycles. The highest BCUT2D eigenvalue weighted by Crippen LogP contribution is 2.56. The molecule has 0 aliphatic heterocycles. The van der Waals surface area contributed by atoms with Crippen molar-refractivity contribution < 1.29 is 0 Å². The number of para-hydroxylation sites is 3. The highest BCUT2D eigenvalue weighted by molar-refractivity contribution is 5.95. The molecule has 6 aromatic rings. The van der Waals surface area contributed by atoms with Gasteiger partial charge in [0.15, 0.2) is 0 Å². The van der Waals surface area contributed by atoms with Crippen molar-refractivity contribution in [3.8, 4) is 22.3 Å². The third-order valence-corrected chi connectivity index (χ3v) is 10.5. The topological polar surface area (TPSA) is 38.0 Å². The van der Waals surface area contributed by atoms with Crippen molar-refractivity contribution in [2.24, 2.45) is 0 Å². The number of hydrogen-bond donors (Lipinski definition) is 2. The highest BCUT2D eigenvalue weighted by Gasteiger charge is 2.41. The normalized spacial score (nSPS) is 16.2. The molecule has 0 amide bonds. The lowest BCUT2D eigenvalue weighted by molar-refractivity contribution is 0.569. The molecular weight excluding hydrogens is 581 g/mol. The van der Waals surface area contributed by atoms with E-state index in [2.05, 4.69) is 156 Å². The van der Waals surface area contributed by atoms with Gasteiger partial charge < -0.3 is 11.1 Å². The van der Waals surface area contributed by atoms with Gasteiger partial charge in [-0.05, 0) is 84.7 Å². The molecule has 2 nitrogen and oxygen atoms in total. The number of nitrogen functional groups attached to an aromatic ring is 1.